The van der Waals surface area contributed by atoms with Crippen LogP contribution in [-0.4, -0.2) is 41.9 Å². The number of methoxy groups -OCH3 is 1. The molecule has 3 aromatic rings. The average molecular weight is 476 g/mol. The maximum atomic E-state index is 11.7. The molecule has 1 aliphatic carbocycles. The van der Waals surface area contributed by atoms with Gasteiger partial charge in [-0.2, -0.15) is 0 Å². The van der Waals surface area contributed by atoms with E-state index in [1.54, 1.807) is 12.3 Å². The summed E-state index contributed by atoms with van der Waals surface area (Å²) in [6.45, 7) is 5.69. The molecule has 0 unspecified atom stereocenters. The van der Waals surface area contributed by atoms with Crippen LogP contribution in [0.5, 0.6) is 0 Å². The number of hydrogen-bond acceptors (Lipinski definition) is 7. The molecule has 1 aliphatic heterocycles. The van der Waals surface area contributed by atoms with Crippen molar-refractivity contribution in [1.82, 2.24) is 10.1 Å². The quantitative estimate of drug-likeness (QED) is 0.388. The maximum absolute atomic E-state index is 11.7. The Morgan fingerprint density at radius 3 is 2.69 bits per heavy atom. The normalized spacial score (nSPS) is 20.1. The fraction of sp³-hybridized carbons (Fsp3) is 0.464. The Morgan fingerprint density at radius 2 is 2.00 bits per heavy atom. The second kappa shape index (κ2) is 10.2. The number of aromatic nitrogens is 2. The standard InChI is InChI=1S/C28H33N3O4/c1-4-21-15-22(13-14-31(21)25-12-11-20(16-29-25)28(32)33-3)34-17-24-26(23-8-6-5-7-18(23)2)30-35-27(24)19-9-10-19/h5-8,11-12,16,19,21-22H,4,9-10,13-15,17H2,1-3H3/t21-,22+/m0/s1. The van der Waals surface area contributed by atoms with Gasteiger partial charge in [0, 0.05) is 35.8 Å². The summed E-state index contributed by atoms with van der Waals surface area (Å²) in [6.07, 6.45) is 6.92. The van der Waals surface area contributed by atoms with E-state index in [1.807, 2.05) is 18.2 Å². The van der Waals surface area contributed by atoms with Gasteiger partial charge in [0.1, 0.15) is 17.3 Å². The molecule has 7 heteroatoms. The van der Waals surface area contributed by atoms with Crippen molar-refractivity contribution in [2.75, 3.05) is 18.6 Å². The van der Waals surface area contributed by atoms with Crippen LogP contribution in [0, 0.1) is 6.92 Å². The summed E-state index contributed by atoms with van der Waals surface area (Å²) >= 11 is 0. The minimum absolute atomic E-state index is 0.164. The predicted molar refractivity (Wildman–Crippen MR) is 133 cm³/mol. The van der Waals surface area contributed by atoms with Gasteiger partial charge in [-0.05, 0) is 56.7 Å². The number of piperidine rings is 1. The molecule has 2 atom stereocenters. The minimum atomic E-state index is -0.368. The highest BCUT2D eigenvalue weighted by molar-refractivity contribution is 5.89. The summed E-state index contributed by atoms with van der Waals surface area (Å²) in [6, 6.07) is 12.3. The zero-order chi connectivity index (χ0) is 24.4. The predicted octanol–water partition coefficient (Wildman–Crippen LogP) is 5.67. The van der Waals surface area contributed by atoms with Crippen molar-refractivity contribution in [3.63, 3.8) is 0 Å². The van der Waals surface area contributed by atoms with E-state index in [0.717, 1.165) is 67.0 Å². The van der Waals surface area contributed by atoms with E-state index in [2.05, 4.69) is 41.0 Å². The van der Waals surface area contributed by atoms with Gasteiger partial charge < -0.3 is 18.9 Å². The van der Waals surface area contributed by atoms with Crippen molar-refractivity contribution in [2.45, 2.75) is 70.6 Å². The molecule has 3 heterocycles. The Bertz CT molecular complexity index is 1170. The number of nitrogens with zero attached hydrogens (tertiary/aromatic N) is 3. The number of esters is 1. The Balaban J connectivity index is 1.28. The first kappa shape index (κ1) is 23.5. The highest BCUT2D eigenvalue weighted by Gasteiger charge is 2.34. The lowest BCUT2D eigenvalue weighted by Gasteiger charge is -2.40. The van der Waals surface area contributed by atoms with Crippen LogP contribution in [-0.2, 0) is 16.1 Å². The number of carbonyl (C=O) groups excluding carboxylic acids is 1. The molecule has 0 radical (unpaired) electrons. The van der Waals surface area contributed by atoms with Crippen LogP contribution in [0.25, 0.3) is 11.3 Å². The van der Waals surface area contributed by atoms with Crippen molar-refractivity contribution in [2.24, 2.45) is 0 Å². The first-order valence-corrected chi connectivity index (χ1v) is 12.6. The lowest BCUT2D eigenvalue weighted by atomic mass is 9.96. The van der Waals surface area contributed by atoms with Crippen LogP contribution in [0.4, 0.5) is 5.82 Å². The highest BCUT2D eigenvalue weighted by atomic mass is 16.5. The number of anilines is 1. The third-order valence-corrected chi connectivity index (χ3v) is 7.23. The number of pyridine rings is 1. The van der Waals surface area contributed by atoms with E-state index in [0.29, 0.717) is 24.1 Å². The summed E-state index contributed by atoms with van der Waals surface area (Å²) in [4.78, 5) is 18.6. The molecule has 7 nitrogen and oxygen atoms in total. The van der Waals surface area contributed by atoms with Crippen molar-refractivity contribution in [3.8, 4) is 11.3 Å². The van der Waals surface area contributed by atoms with Gasteiger partial charge in [-0.15, -0.1) is 0 Å². The maximum Gasteiger partial charge on any atom is 0.339 e. The van der Waals surface area contributed by atoms with Crippen LogP contribution < -0.4 is 4.90 Å². The zero-order valence-corrected chi connectivity index (χ0v) is 20.7. The van der Waals surface area contributed by atoms with Gasteiger partial charge in [-0.25, -0.2) is 9.78 Å². The summed E-state index contributed by atoms with van der Waals surface area (Å²) in [7, 11) is 1.38. The van der Waals surface area contributed by atoms with Gasteiger partial charge >= 0.3 is 5.97 Å². The van der Waals surface area contributed by atoms with Crippen LogP contribution in [0.15, 0.2) is 47.1 Å². The van der Waals surface area contributed by atoms with Gasteiger partial charge in [-0.1, -0.05) is 36.3 Å². The second-order valence-corrected chi connectivity index (χ2v) is 9.57. The monoisotopic (exact) mass is 475 g/mol. The molecular formula is C28H33N3O4. The summed E-state index contributed by atoms with van der Waals surface area (Å²) in [5, 5.41) is 4.48. The number of carbonyl (C=O) groups is 1. The molecule has 0 amide bonds. The fourth-order valence-electron chi connectivity index (χ4n) is 5.03. The Hall–Kier alpha value is -3.19. The average Bonchev–Trinajstić information content (AvgIpc) is 3.66. The number of hydrogen-bond donors (Lipinski definition) is 0. The number of rotatable bonds is 8. The molecule has 1 saturated heterocycles. The lowest BCUT2D eigenvalue weighted by Crippen LogP contribution is -2.45. The molecule has 2 aliphatic rings. The molecule has 0 spiro atoms. The number of benzene rings is 1. The largest absolute Gasteiger partial charge is 0.465 e. The van der Waals surface area contributed by atoms with Crippen LogP contribution >= 0.6 is 0 Å². The summed E-state index contributed by atoms with van der Waals surface area (Å²) in [5.74, 6) is 2.00. The lowest BCUT2D eigenvalue weighted by molar-refractivity contribution is 0.0156. The topological polar surface area (TPSA) is 77.7 Å². The van der Waals surface area contributed by atoms with E-state index in [9.17, 15) is 4.79 Å². The molecule has 0 N–H and O–H groups in total. The van der Waals surface area contributed by atoms with E-state index < -0.39 is 0 Å². The molecule has 0 bridgehead atoms. The molecule has 35 heavy (non-hydrogen) atoms. The SMILES string of the molecule is CC[C@H]1C[C@H](OCc2c(-c3ccccc3C)noc2C2CC2)CCN1c1ccc(C(=O)OC)cn1. The van der Waals surface area contributed by atoms with E-state index in [1.165, 1.54) is 12.7 Å². The third-order valence-electron chi connectivity index (χ3n) is 7.23. The van der Waals surface area contributed by atoms with E-state index >= 15 is 0 Å². The van der Waals surface area contributed by atoms with Crippen molar-refractivity contribution >= 4 is 11.8 Å². The fourth-order valence-corrected chi connectivity index (χ4v) is 5.03. The number of aryl methyl sites for hydroxylation is 1. The number of ether oxygens (including phenoxy) is 2. The smallest absolute Gasteiger partial charge is 0.339 e. The van der Waals surface area contributed by atoms with Crippen molar-refractivity contribution in [3.05, 3.63) is 65.0 Å². The van der Waals surface area contributed by atoms with Crippen LogP contribution in [0.3, 0.4) is 0 Å². The van der Waals surface area contributed by atoms with Gasteiger partial charge in [0.25, 0.3) is 0 Å². The molecular weight excluding hydrogens is 442 g/mol. The van der Waals surface area contributed by atoms with Gasteiger partial charge in [0.05, 0.1) is 25.4 Å². The molecule has 184 valence electrons. The first-order valence-electron chi connectivity index (χ1n) is 12.6. The van der Waals surface area contributed by atoms with E-state index in [-0.39, 0.29) is 12.1 Å². The Morgan fingerprint density at radius 1 is 1.17 bits per heavy atom. The minimum Gasteiger partial charge on any atom is -0.465 e. The van der Waals surface area contributed by atoms with Crippen molar-refractivity contribution in [1.29, 1.82) is 0 Å². The Kier molecular flexibility index (Phi) is 6.86. The van der Waals surface area contributed by atoms with Crippen LogP contribution in [0.1, 0.15) is 72.2 Å². The first-order chi connectivity index (χ1) is 17.1. The molecule has 1 aromatic carbocycles. The highest BCUT2D eigenvalue weighted by Crippen LogP contribution is 2.44. The van der Waals surface area contributed by atoms with Crippen LogP contribution in [0.2, 0.25) is 0 Å². The summed E-state index contributed by atoms with van der Waals surface area (Å²) < 4.78 is 17.1. The summed E-state index contributed by atoms with van der Waals surface area (Å²) in [5.41, 5.74) is 4.80. The van der Waals surface area contributed by atoms with Gasteiger partial charge in [0.15, 0.2) is 0 Å². The Labute approximate surface area is 206 Å². The van der Waals surface area contributed by atoms with Crippen molar-refractivity contribution < 1.29 is 18.8 Å². The molecule has 1 saturated carbocycles. The molecule has 2 aromatic heterocycles. The van der Waals surface area contributed by atoms with Gasteiger partial charge in [0.2, 0.25) is 0 Å². The third kappa shape index (κ3) is 4.96. The van der Waals surface area contributed by atoms with Gasteiger partial charge in [-0.3, -0.25) is 0 Å². The second-order valence-electron chi connectivity index (χ2n) is 9.57. The zero-order valence-electron chi connectivity index (χ0n) is 20.7. The molecule has 2 fully saturated rings. The van der Waals surface area contributed by atoms with E-state index in [4.69, 9.17) is 14.0 Å². The molecule has 5 rings (SSSR count).